The van der Waals surface area contributed by atoms with Crippen molar-refractivity contribution >= 4 is 45.2 Å². The summed E-state index contributed by atoms with van der Waals surface area (Å²) in [6, 6.07) is 18.1. The van der Waals surface area contributed by atoms with Crippen LogP contribution in [0, 0.1) is 28.6 Å². The maximum absolute atomic E-state index is 12.7. The second-order valence-electron chi connectivity index (χ2n) is 10.3. The number of hydrogen-bond donors (Lipinski definition) is 2. The summed E-state index contributed by atoms with van der Waals surface area (Å²) in [5, 5.41) is 34.1. The molecule has 2 amide bonds. The van der Waals surface area contributed by atoms with Crippen LogP contribution in [0.25, 0.3) is 0 Å². The molecule has 0 spiro atoms. The van der Waals surface area contributed by atoms with Gasteiger partial charge in [0.15, 0.2) is 5.17 Å². The monoisotopic (exact) mass is 587 g/mol. The third kappa shape index (κ3) is 9.52. The van der Waals surface area contributed by atoms with E-state index in [1.165, 1.54) is 23.1 Å². The van der Waals surface area contributed by atoms with Crippen LogP contribution in [0.1, 0.15) is 67.3 Å². The number of aromatic nitrogens is 2. The third-order valence-corrected chi connectivity index (χ3v) is 9.13. The number of anilines is 1. The maximum Gasteiger partial charge on any atom is 0.230 e. The highest BCUT2D eigenvalue weighted by Crippen LogP contribution is 2.39. The summed E-state index contributed by atoms with van der Waals surface area (Å²) in [5.41, 5.74) is 2.56. The van der Waals surface area contributed by atoms with Crippen LogP contribution >= 0.6 is 23.1 Å². The molecular weight excluding hydrogens is 555 g/mol. The van der Waals surface area contributed by atoms with Crippen LogP contribution in [-0.2, 0) is 22.4 Å². The molecule has 212 valence electrons. The van der Waals surface area contributed by atoms with E-state index < -0.39 is 0 Å². The Morgan fingerprint density at radius 3 is 2.15 bits per heavy atom. The molecule has 3 aromatic rings. The number of benzene rings is 2. The standard InChI is InChI=1S/C30H33N7O2S2/c1-19(27-36-37-29(40-27)35-26(39)16-22-9-7-11-24(14-22)18-32)12-20(2)30(3,4)41-28(33-5)34-25(38)15-21-8-6-10-23(13-21)17-31/h6-11,13-14,19-20H,12,15-16H2,1-5H3,(H,33,34,38)(H,35,37,39). The number of hydrogen-bond acceptors (Lipinski definition) is 9. The molecular formula is C30H33N7O2S2. The Kier molecular flexibility index (Phi) is 11.2. The fraction of sp³-hybridized carbons (Fsp3) is 0.367. The number of aliphatic imine (C=N–C) groups is 1. The van der Waals surface area contributed by atoms with E-state index in [0.29, 0.717) is 21.4 Å². The van der Waals surface area contributed by atoms with Gasteiger partial charge in [0.2, 0.25) is 16.9 Å². The molecule has 0 saturated carbocycles. The zero-order chi connectivity index (χ0) is 30.0. The Morgan fingerprint density at radius 1 is 1.00 bits per heavy atom. The van der Waals surface area contributed by atoms with E-state index in [9.17, 15) is 9.59 Å². The SMILES string of the molecule is CN=C(NC(=O)Cc1cccc(C#N)c1)SC(C)(C)C(C)CC(C)c1nnc(NC(=O)Cc2cccc(C#N)c2)s1. The van der Waals surface area contributed by atoms with E-state index in [-0.39, 0.29) is 41.2 Å². The first kappa shape index (κ1) is 31.5. The summed E-state index contributed by atoms with van der Waals surface area (Å²) in [4.78, 5) is 29.5. The number of thioether (sulfide) groups is 1. The highest BCUT2D eigenvalue weighted by molar-refractivity contribution is 8.15. The first-order valence-corrected chi connectivity index (χ1v) is 14.7. The highest BCUT2D eigenvalue weighted by Gasteiger charge is 2.31. The van der Waals surface area contributed by atoms with Crippen LogP contribution in [0.3, 0.4) is 0 Å². The van der Waals surface area contributed by atoms with E-state index in [1.807, 2.05) is 12.1 Å². The van der Waals surface area contributed by atoms with Gasteiger partial charge >= 0.3 is 0 Å². The number of nitrogens with zero attached hydrogens (tertiary/aromatic N) is 5. The minimum absolute atomic E-state index is 0.101. The van der Waals surface area contributed by atoms with Gasteiger partial charge in [-0.05, 0) is 61.6 Å². The Balaban J connectivity index is 1.53. The van der Waals surface area contributed by atoms with E-state index >= 15 is 0 Å². The average molecular weight is 588 g/mol. The number of carbonyl (C=O) groups excluding carboxylic acids is 2. The number of rotatable bonds is 10. The van der Waals surface area contributed by atoms with Gasteiger partial charge in [0, 0.05) is 17.7 Å². The lowest BCUT2D eigenvalue weighted by Gasteiger charge is -2.32. The Labute approximate surface area is 249 Å². The second-order valence-corrected chi connectivity index (χ2v) is 12.9. The van der Waals surface area contributed by atoms with Crippen molar-refractivity contribution in [1.82, 2.24) is 15.5 Å². The molecule has 1 heterocycles. The minimum Gasteiger partial charge on any atom is -0.305 e. The molecule has 11 heteroatoms. The fourth-order valence-electron chi connectivity index (χ4n) is 4.08. The van der Waals surface area contributed by atoms with E-state index in [1.54, 1.807) is 43.4 Å². The zero-order valence-electron chi connectivity index (χ0n) is 23.8. The van der Waals surface area contributed by atoms with E-state index in [2.05, 4.69) is 65.7 Å². The quantitative estimate of drug-likeness (QED) is 0.237. The Bertz CT molecular complexity index is 1500. The smallest absolute Gasteiger partial charge is 0.230 e. The minimum atomic E-state index is -0.253. The number of amides is 2. The molecule has 0 bridgehead atoms. The van der Waals surface area contributed by atoms with Gasteiger partial charge in [0.05, 0.1) is 36.1 Å². The Morgan fingerprint density at radius 2 is 1.59 bits per heavy atom. The van der Waals surface area contributed by atoms with Crippen molar-refractivity contribution < 1.29 is 9.59 Å². The van der Waals surface area contributed by atoms with Crippen molar-refractivity contribution in [2.75, 3.05) is 12.4 Å². The average Bonchev–Trinajstić information content (AvgIpc) is 3.41. The van der Waals surface area contributed by atoms with Crippen molar-refractivity contribution in [3.8, 4) is 12.1 Å². The van der Waals surface area contributed by atoms with Gasteiger partial charge in [-0.3, -0.25) is 14.6 Å². The summed E-state index contributed by atoms with van der Waals surface area (Å²) in [6.07, 6.45) is 1.12. The van der Waals surface area contributed by atoms with Gasteiger partial charge < -0.3 is 10.6 Å². The maximum atomic E-state index is 12.7. The molecule has 0 saturated heterocycles. The molecule has 3 rings (SSSR count). The van der Waals surface area contributed by atoms with Crippen LogP contribution in [-0.4, -0.2) is 39.0 Å². The van der Waals surface area contributed by atoms with Gasteiger partial charge in [-0.2, -0.15) is 10.5 Å². The van der Waals surface area contributed by atoms with Crippen LogP contribution in [0.15, 0.2) is 53.5 Å². The summed E-state index contributed by atoms with van der Waals surface area (Å²) in [7, 11) is 1.65. The van der Waals surface area contributed by atoms with Crippen molar-refractivity contribution in [3.05, 3.63) is 75.8 Å². The molecule has 1 aromatic heterocycles. The van der Waals surface area contributed by atoms with Crippen LogP contribution < -0.4 is 10.6 Å². The van der Waals surface area contributed by atoms with Gasteiger partial charge in [0.1, 0.15) is 5.01 Å². The molecule has 0 fully saturated rings. The molecule has 41 heavy (non-hydrogen) atoms. The van der Waals surface area contributed by atoms with E-state index in [0.717, 1.165) is 22.6 Å². The zero-order valence-corrected chi connectivity index (χ0v) is 25.4. The number of amidine groups is 1. The molecule has 2 aromatic carbocycles. The molecule has 2 atom stereocenters. The van der Waals surface area contributed by atoms with Crippen LogP contribution in [0.2, 0.25) is 0 Å². The summed E-state index contributed by atoms with van der Waals surface area (Å²) in [6.45, 7) is 8.49. The van der Waals surface area contributed by atoms with Crippen molar-refractivity contribution in [1.29, 1.82) is 10.5 Å². The van der Waals surface area contributed by atoms with Crippen LogP contribution in [0.5, 0.6) is 0 Å². The molecule has 0 radical (unpaired) electrons. The van der Waals surface area contributed by atoms with Crippen molar-refractivity contribution in [2.24, 2.45) is 10.9 Å². The molecule has 9 nitrogen and oxygen atoms in total. The second kappa shape index (κ2) is 14.5. The summed E-state index contributed by atoms with van der Waals surface area (Å²) < 4.78 is -0.253. The number of carbonyl (C=O) groups is 2. The first-order valence-electron chi connectivity index (χ1n) is 13.1. The largest absolute Gasteiger partial charge is 0.305 e. The van der Waals surface area contributed by atoms with Gasteiger partial charge in [-0.25, -0.2) is 0 Å². The third-order valence-electron chi connectivity index (χ3n) is 6.65. The lowest BCUT2D eigenvalue weighted by Crippen LogP contribution is -2.36. The van der Waals surface area contributed by atoms with Gasteiger partial charge in [-0.15, -0.1) is 10.2 Å². The van der Waals surface area contributed by atoms with Crippen LogP contribution in [0.4, 0.5) is 5.13 Å². The first-order chi connectivity index (χ1) is 19.5. The Hall–Kier alpha value is -4.06. The molecule has 2 N–H and O–H groups in total. The van der Waals surface area contributed by atoms with Crippen molar-refractivity contribution in [3.63, 3.8) is 0 Å². The van der Waals surface area contributed by atoms with E-state index in [4.69, 9.17) is 10.5 Å². The molecule has 0 aliphatic heterocycles. The molecule has 0 aliphatic carbocycles. The lowest BCUT2D eigenvalue weighted by atomic mass is 9.88. The summed E-state index contributed by atoms with van der Waals surface area (Å²) in [5.74, 6) is -0.0825. The summed E-state index contributed by atoms with van der Waals surface area (Å²) >= 11 is 2.87. The highest BCUT2D eigenvalue weighted by atomic mass is 32.2. The predicted octanol–water partition coefficient (Wildman–Crippen LogP) is 5.45. The predicted molar refractivity (Wildman–Crippen MR) is 164 cm³/mol. The normalized spacial score (nSPS) is 13.0. The number of nitrogens with one attached hydrogen (secondary N) is 2. The van der Waals surface area contributed by atoms with Gasteiger partial charge in [-0.1, -0.05) is 61.2 Å². The van der Waals surface area contributed by atoms with Gasteiger partial charge in [0.25, 0.3) is 0 Å². The lowest BCUT2D eigenvalue weighted by molar-refractivity contribution is -0.119. The molecule has 2 unspecified atom stereocenters. The fourth-order valence-corrected chi connectivity index (χ4v) is 5.95. The number of nitriles is 2. The topological polar surface area (TPSA) is 144 Å². The molecule has 0 aliphatic rings. The van der Waals surface area contributed by atoms with Crippen molar-refractivity contribution in [2.45, 2.75) is 57.6 Å².